The fourth-order valence-corrected chi connectivity index (χ4v) is 2.69. The van der Waals surface area contributed by atoms with Crippen molar-refractivity contribution in [3.05, 3.63) is 47.0 Å². The topological polar surface area (TPSA) is 56.8 Å². The number of hydrogen-bond acceptors (Lipinski definition) is 4. The molecule has 2 rings (SSSR count). The molecular formula is C20H24ClNO4. The summed E-state index contributed by atoms with van der Waals surface area (Å²) in [6.45, 7) is 3.98. The van der Waals surface area contributed by atoms with Gasteiger partial charge in [0.25, 0.3) is 5.91 Å². The third-order valence-electron chi connectivity index (χ3n) is 4.00. The van der Waals surface area contributed by atoms with Crippen molar-refractivity contribution in [1.82, 2.24) is 0 Å². The average Bonchev–Trinajstić information content (AvgIpc) is 2.67. The smallest absolute Gasteiger partial charge is 0.265 e. The van der Waals surface area contributed by atoms with Crippen LogP contribution in [0.15, 0.2) is 36.4 Å². The summed E-state index contributed by atoms with van der Waals surface area (Å²) in [7, 11) is 3.02. The van der Waals surface area contributed by atoms with Gasteiger partial charge in [-0.25, -0.2) is 0 Å². The molecule has 0 radical (unpaired) electrons. The second-order valence-corrected chi connectivity index (χ2v) is 6.10. The number of carbonyl (C=O) groups is 1. The van der Waals surface area contributed by atoms with Crippen LogP contribution in [0.1, 0.15) is 25.8 Å². The van der Waals surface area contributed by atoms with Crippen LogP contribution in [0.3, 0.4) is 0 Å². The summed E-state index contributed by atoms with van der Waals surface area (Å²) < 4.78 is 16.3. The van der Waals surface area contributed by atoms with Gasteiger partial charge in [0.2, 0.25) is 0 Å². The number of aryl methyl sites for hydroxylation is 1. The van der Waals surface area contributed by atoms with Crippen LogP contribution in [0.4, 0.5) is 5.69 Å². The molecule has 0 aliphatic carbocycles. The van der Waals surface area contributed by atoms with E-state index in [0.29, 0.717) is 34.4 Å². The Kier molecular flexibility index (Phi) is 7.16. The number of benzene rings is 2. The molecule has 5 nitrogen and oxygen atoms in total. The molecule has 2 aromatic carbocycles. The Morgan fingerprint density at radius 1 is 1.08 bits per heavy atom. The van der Waals surface area contributed by atoms with Gasteiger partial charge < -0.3 is 19.5 Å². The van der Waals surface area contributed by atoms with E-state index in [1.807, 2.05) is 31.2 Å². The Morgan fingerprint density at radius 2 is 1.73 bits per heavy atom. The third-order valence-corrected chi connectivity index (χ3v) is 4.30. The highest BCUT2D eigenvalue weighted by Gasteiger charge is 2.21. The molecule has 140 valence electrons. The Balaban J connectivity index is 2.15. The molecule has 0 heterocycles. The van der Waals surface area contributed by atoms with Crippen LogP contribution in [-0.2, 0) is 11.2 Å². The Bertz CT molecular complexity index is 746. The number of methoxy groups -OCH3 is 2. The van der Waals surface area contributed by atoms with E-state index < -0.39 is 6.10 Å². The van der Waals surface area contributed by atoms with Crippen LogP contribution in [0, 0.1) is 0 Å². The number of amides is 1. The van der Waals surface area contributed by atoms with Crippen molar-refractivity contribution >= 4 is 23.2 Å². The van der Waals surface area contributed by atoms with Crippen LogP contribution in [0.25, 0.3) is 0 Å². The third kappa shape index (κ3) is 4.82. The van der Waals surface area contributed by atoms with Crippen LogP contribution in [0.2, 0.25) is 5.02 Å². The maximum atomic E-state index is 12.7. The highest BCUT2D eigenvalue weighted by atomic mass is 35.5. The van der Waals surface area contributed by atoms with E-state index in [2.05, 4.69) is 12.2 Å². The minimum absolute atomic E-state index is 0.269. The van der Waals surface area contributed by atoms with Crippen LogP contribution >= 0.6 is 11.6 Å². The first-order valence-corrected chi connectivity index (χ1v) is 8.88. The summed E-state index contributed by atoms with van der Waals surface area (Å²) in [5.41, 5.74) is 1.69. The molecule has 0 bridgehead atoms. The summed E-state index contributed by atoms with van der Waals surface area (Å²) in [5, 5.41) is 3.23. The Hall–Kier alpha value is -2.40. The maximum Gasteiger partial charge on any atom is 0.265 e. The van der Waals surface area contributed by atoms with Crippen molar-refractivity contribution in [3.8, 4) is 17.2 Å². The molecule has 0 saturated heterocycles. The molecule has 0 fully saturated rings. The number of ether oxygens (including phenoxy) is 3. The van der Waals surface area contributed by atoms with E-state index in [9.17, 15) is 4.79 Å². The lowest BCUT2D eigenvalue weighted by Gasteiger charge is -2.19. The van der Waals surface area contributed by atoms with Crippen LogP contribution < -0.4 is 19.5 Å². The molecule has 0 spiro atoms. The largest absolute Gasteiger partial charge is 0.495 e. The Labute approximate surface area is 159 Å². The van der Waals surface area contributed by atoms with Gasteiger partial charge in [-0.2, -0.15) is 0 Å². The fourth-order valence-electron chi connectivity index (χ4n) is 2.46. The summed E-state index contributed by atoms with van der Waals surface area (Å²) >= 11 is 6.10. The highest BCUT2D eigenvalue weighted by molar-refractivity contribution is 6.32. The number of nitrogens with one attached hydrogen (secondary N) is 1. The van der Waals surface area contributed by atoms with Crippen molar-refractivity contribution in [1.29, 1.82) is 0 Å². The van der Waals surface area contributed by atoms with Gasteiger partial charge in [-0.1, -0.05) is 37.6 Å². The quantitative estimate of drug-likeness (QED) is 0.723. The number of halogens is 1. The predicted octanol–water partition coefficient (Wildman–Crippen LogP) is 4.72. The summed E-state index contributed by atoms with van der Waals surface area (Å²) in [6.07, 6.45) is 0.846. The van der Waals surface area contributed by atoms with E-state index in [1.54, 1.807) is 12.1 Å². The molecule has 0 aliphatic heterocycles. The highest BCUT2D eigenvalue weighted by Crippen LogP contribution is 2.36. The normalized spacial score (nSPS) is 11.6. The monoisotopic (exact) mass is 377 g/mol. The van der Waals surface area contributed by atoms with Gasteiger partial charge in [0.1, 0.15) is 17.2 Å². The predicted molar refractivity (Wildman–Crippen MR) is 104 cm³/mol. The molecular weight excluding hydrogens is 354 g/mol. The molecule has 0 aliphatic rings. The van der Waals surface area contributed by atoms with Gasteiger partial charge in [-0.05, 0) is 30.5 Å². The van der Waals surface area contributed by atoms with Crippen molar-refractivity contribution in [2.24, 2.45) is 0 Å². The van der Waals surface area contributed by atoms with E-state index >= 15 is 0 Å². The zero-order valence-corrected chi connectivity index (χ0v) is 16.2. The number of anilines is 1. The first kappa shape index (κ1) is 19.9. The second-order valence-electron chi connectivity index (χ2n) is 5.69. The summed E-state index contributed by atoms with van der Waals surface area (Å²) in [4.78, 5) is 12.7. The molecule has 0 aromatic heterocycles. The van der Waals surface area contributed by atoms with Gasteiger partial charge >= 0.3 is 0 Å². The number of hydrogen-bond donors (Lipinski definition) is 1. The first-order chi connectivity index (χ1) is 12.5. The standard InChI is InChI=1S/C20H24ClNO4/c1-5-13-7-9-14(10-8-13)26-17(6-2)20(23)22-16-12-18(24-3)15(21)11-19(16)25-4/h7-12,17H,5-6H2,1-4H3,(H,22,23)/t17-/m1/s1. The van der Waals surface area contributed by atoms with E-state index in [4.69, 9.17) is 25.8 Å². The molecule has 1 amide bonds. The molecule has 0 unspecified atom stereocenters. The van der Waals surface area contributed by atoms with Gasteiger partial charge in [0, 0.05) is 12.1 Å². The maximum absolute atomic E-state index is 12.7. The fraction of sp³-hybridized carbons (Fsp3) is 0.350. The average molecular weight is 378 g/mol. The van der Waals surface area contributed by atoms with E-state index in [1.165, 1.54) is 19.8 Å². The van der Waals surface area contributed by atoms with E-state index in [0.717, 1.165) is 6.42 Å². The second kappa shape index (κ2) is 9.34. The lowest BCUT2D eigenvalue weighted by atomic mass is 10.1. The zero-order valence-electron chi connectivity index (χ0n) is 15.5. The van der Waals surface area contributed by atoms with Crippen molar-refractivity contribution in [2.75, 3.05) is 19.5 Å². The van der Waals surface area contributed by atoms with Crippen molar-refractivity contribution < 1.29 is 19.0 Å². The molecule has 2 aromatic rings. The molecule has 1 N–H and O–H groups in total. The van der Waals surface area contributed by atoms with Crippen LogP contribution in [0.5, 0.6) is 17.2 Å². The minimum Gasteiger partial charge on any atom is -0.495 e. The van der Waals surface area contributed by atoms with Crippen LogP contribution in [-0.4, -0.2) is 26.2 Å². The lowest BCUT2D eigenvalue weighted by Crippen LogP contribution is -2.32. The van der Waals surface area contributed by atoms with E-state index in [-0.39, 0.29) is 5.91 Å². The number of carbonyl (C=O) groups excluding carboxylic acids is 1. The molecule has 1 atom stereocenters. The van der Waals surface area contributed by atoms with Crippen molar-refractivity contribution in [2.45, 2.75) is 32.8 Å². The minimum atomic E-state index is -0.631. The summed E-state index contributed by atoms with van der Waals surface area (Å²) in [5.74, 6) is 1.29. The zero-order chi connectivity index (χ0) is 19.1. The van der Waals surface area contributed by atoms with Gasteiger partial charge in [-0.15, -0.1) is 0 Å². The molecule has 0 saturated carbocycles. The number of rotatable bonds is 8. The molecule has 26 heavy (non-hydrogen) atoms. The Morgan fingerprint density at radius 3 is 2.27 bits per heavy atom. The van der Waals surface area contributed by atoms with Gasteiger partial charge in [0.05, 0.1) is 24.9 Å². The molecule has 6 heteroatoms. The van der Waals surface area contributed by atoms with Gasteiger partial charge in [0.15, 0.2) is 6.10 Å². The lowest BCUT2D eigenvalue weighted by molar-refractivity contribution is -0.122. The SMILES string of the molecule is CCc1ccc(O[C@H](CC)C(=O)Nc2cc(OC)c(Cl)cc2OC)cc1. The summed E-state index contributed by atoms with van der Waals surface area (Å²) in [6, 6.07) is 11.0. The van der Waals surface area contributed by atoms with Crippen molar-refractivity contribution in [3.63, 3.8) is 0 Å². The first-order valence-electron chi connectivity index (χ1n) is 8.50. The van der Waals surface area contributed by atoms with Gasteiger partial charge in [-0.3, -0.25) is 4.79 Å².